The molecule has 0 radical (unpaired) electrons. The van der Waals surface area contributed by atoms with Crippen LogP contribution in [0.15, 0.2) is 30.7 Å². The monoisotopic (exact) mass is 235 g/mol. The van der Waals surface area contributed by atoms with E-state index < -0.39 is 0 Å². The van der Waals surface area contributed by atoms with Crippen molar-refractivity contribution in [1.82, 2.24) is 14.5 Å². The molecule has 2 rings (SSSR count). The van der Waals surface area contributed by atoms with Crippen molar-refractivity contribution in [3.63, 3.8) is 0 Å². The van der Waals surface area contributed by atoms with Gasteiger partial charge < -0.3 is 0 Å². The van der Waals surface area contributed by atoms with Crippen molar-refractivity contribution in [2.45, 2.75) is 25.6 Å². The summed E-state index contributed by atoms with van der Waals surface area (Å²) in [5.41, 5.74) is 1.03. The molecule has 16 heavy (non-hydrogen) atoms. The molecule has 4 heteroatoms. The second kappa shape index (κ2) is 5.12. The predicted molar refractivity (Wildman–Crippen MR) is 64.9 cm³/mol. The van der Waals surface area contributed by atoms with Gasteiger partial charge >= 0.3 is 0 Å². The van der Waals surface area contributed by atoms with Crippen LogP contribution in [0.3, 0.4) is 0 Å². The Labute approximate surface area is 100 Å². The zero-order valence-electron chi connectivity index (χ0n) is 9.23. The maximum Gasteiger partial charge on any atom is 0.142 e. The van der Waals surface area contributed by atoms with Gasteiger partial charge in [0.25, 0.3) is 0 Å². The van der Waals surface area contributed by atoms with Gasteiger partial charge in [0, 0.05) is 30.6 Å². The van der Waals surface area contributed by atoms with Crippen LogP contribution < -0.4 is 0 Å². The molecule has 2 heterocycles. The molecule has 0 saturated heterocycles. The standard InChI is InChI=1S/C12H14ClN3/c1-2-4-11-14-7-8-16(11)12-10(9-13)5-3-6-15-12/h3,5-8H,2,4,9H2,1H3. The number of hydrogen-bond donors (Lipinski definition) is 0. The van der Waals surface area contributed by atoms with E-state index in [2.05, 4.69) is 16.9 Å². The lowest BCUT2D eigenvalue weighted by Gasteiger charge is -2.09. The van der Waals surface area contributed by atoms with Crippen LogP contribution >= 0.6 is 11.6 Å². The summed E-state index contributed by atoms with van der Waals surface area (Å²) in [7, 11) is 0. The van der Waals surface area contributed by atoms with Crippen LogP contribution in [0.25, 0.3) is 5.82 Å². The maximum atomic E-state index is 5.90. The van der Waals surface area contributed by atoms with Gasteiger partial charge in [-0.15, -0.1) is 11.6 Å². The van der Waals surface area contributed by atoms with Gasteiger partial charge in [0.15, 0.2) is 0 Å². The van der Waals surface area contributed by atoms with E-state index in [1.54, 1.807) is 12.4 Å². The Kier molecular flexibility index (Phi) is 3.57. The molecule has 0 aliphatic heterocycles. The number of aryl methyl sites for hydroxylation is 1. The molecule has 0 fully saturated rings. The fourth-order valence-corrected chi connectivity index (χ4v) is 1.90. The molecule has 0 aliphatic carbocycles. The highest BCUT2D eigenvalue weighted by Crippen LogP contribution is 2.16. The van der Waals surface area contributed by atoms with E-state index >= 15 is 0 Å². The highest BCUT2D eigenvalue weighted by molar-refractivity contribution is 6.17. The third kappa shape index (κ3) is 2.09. The number of aromatic nitrogens is 3. The second-order valence-electron chi connectivity index (χ2n) is 3.58. The Hall–Kier alpha value is -1.35. The average molecular weight is 236 g/mol. The Morgan fingerprint density at radius 3 is 2.94 bits per heavy atom. The second-order valence-corrected chi connectivity index (χ2v) is 3.85. The Bertz CT molecular complexity index is 465. The Morgan fingerprint density at radius 1 is 1.31 bits per heavy atom. The van der Waals surface area contributed by atoms with Crippen molar-refractivity contribution in [2.24, 2.45) is 0 Å². The summed E-state index contributed by atoms with van der Waals surface area (Å²) in [6.45, 7) is 2.14. The number of imidazole rings is 1. The van der Waals surface area contributed by atoms with Crippen molar-refractivity contribution < 1.29 is 0 Å². The van der Waals surface area contributed by atoms with E-state index in [1.807, 2.05) is 22.9 Å². The topological polar surface area (TPSA) is 30.7 Å². The minimum absolute atomic E-state index is 0.465. The van der Waals surface area contributed by atoms with Crippen LogP contribution in [0.5, 0.6) is 0 Å². The van der Waals surface area contributed by atoms with Gasteiger partial charge in [-0.3, -0.25) is 4.57 Å². The van der Waals surface area contributed by atoms with Crippen molar-refractivity contribution in [3.8, 4) is 5.82 Å². The first-order valence-electron chi connectivity index (χ1n) is 5.39. The van der Waals surface area contributed by atoms with Gasteiger partial charge in [-0.2, -0.15) is 0 Å². The quantitative estimate of drug-likeness (QED) is 0.763. The molecule has 0 atom stereocenters. The number of nitrogens with zero attached hydrogens (tertiary/aromatic N) is 3. The zero-order valence-corrected chi connectivity index (χ0v) is 9.98. The molecule has 0 aromatic carbocycles. The molecule has 0 saturated carbocycles. The van der Waals surface area contributed by atoms with Crippen molar-refractivity contribution in [1.29, 1.82) is 0 Å². The lowest BCUT2D eigenvalue weighted by Crippen LogP contribution is -2.05. The van der Waals surface area contributed by atoms with E-state index in [1.165, 1.54) is 0 Å². The summed E-state index contributed by atoms with van der Waals surface area (Å²) in [5.74, 6) is 2.39. The number of alkyl halides is 1. The number of pyridine rings is 1. The molecule has 0 N–H and O–H groups in total. The summed E-state index contributed by atoms with van der Waals surface area (Å²) in [6.07, 6.45) is 7.54. The molecule has 2 aromatic heterocycles. The van der Waals surface area contributed by atoms with Gasteiger partial charge in [-0.1, -0.05) is 13.0 Å². The largest absolute Gasteiger partial charge is 0.288 e. The van der Waals surface area contributed by atoms with Crippen molar-refractivity contribution in [2.75, 3.05) is 0 Å². The third-order valence-electron chi connectivity index (χ3n) is 2.43. The van der Waals surface area contributed by atoms with Gasteiger partial charge in [0.2, 0.25) is 0 Å². The fourth-order valence-electron chi connectivity index (χ4n) is 1.69. The Morgan fingerprint density at radius 2 is 2.19 bits per heavy atom. The number of halogens is 1. The first-order valence-corrected chi connectivity index (χ1v) is 5.92. The van der Waals surface area contributed by atoms with Crippen molar-refractivity contribution >= 4 is 11.6 Å². The van der Waals surface area contributed by atoms with E-state index in [9.17, 15) is 0 Å². The minimum atomic E-state index is 0.465. The van der Waals surface area contributed by atoms with Crippen LogP contribution in [0.1, 0.15) is 24.7 Å². The van der Waals surface area contributed by atoms with Gasteiger partial charge in [0.1, 0.15) is 11.6 Å². The fraction of sp³-hybridized carbons (Fsp3) is 0.333. The zero-order chi connectivity index (χ0) is 11.4. The number of rotatable bonds is 4. The molecule has 0 bridgehead atoms. The average Bonchev–Trinajstić information content (AvgIpc) is 2.77. The van der Waals surface area contributed by atoms with Gasteiger partial charge in [-0.05, 0) is 12.5 Å². The predicted octanol–water partition coefficient (Wildman–Crippen LogP) is 2.96. The third-order valence-corrected chi connectivity index (χ3v) is 2.72. The molecule has 0 aliphatic rings. The molecular formula is C12H14ClN3. The van der Waals surface area contributed by atoms with Crippen LogP contribution in [0.4, 0.5) is 0 Å². The molecule has 0 unspecified atom stereocenters. The summed E-state index contributed by atoms with van der Waals surface area (Å²) in [5, 5.41) is 0. The lowest BCUT2D eigenvalue weighted by molar-refractivity contribution is 0.794. The molecular weight excluding hydrogens is 222 g/mol. The van der Waals surface area contributed by atoms with E-state index in [4.69, 9.17) is 11.6 Å². The summed E-state index contributed by atoms with van der Waals surface area (Å²) in [6, 6.07) is 3.89. The Balaban J connectivity index is 2.45. The van der Waals surface area contributed by atoms with Crippen LogP contribution in [-0.4, -0.2) is 14.5 Å². The first kappa shape index (κ1) is 11.1. The molecule has 84 valence electrons. The normalized spacial score (nSPS) is 10.6. The van der Waals surface area contributed by atoms with Crippen LogP contribution in [-0.2, 0) is 12.3 Å². The number of hydrogen-bond acceptors (Lipinski definition) is 2. The highest BCUT2D eigenvalue weighted by Gasteiger charge is 2.08. The maximum absolute atomic E-state index is 5.90. The molecule has 0 amide bonds. The smallest absolute Gasteiger partial charge is 0.142 e. The summed E-state index contributed by atoms with van der Waals surface area (Å²) < 4.78 is 2.02. The lowest BCUT2D eigenvalue weighted by atomic mass is 10.2. The van der Waals surface area contributed by atoms with E-state index in [-0.39, 0.29) is 0 Å². The SMILES string of the molecule is CCCc1nccn1-c1ncccc1CCl. The molecule has 2 aromatic rings. The molecule has 0 spiro atoms. The van der Waals surface area contributed by atoms with Gasteiger partial charge in [0.05, 0.1) is 5.88 Å². The van der Waals surface area contributed by atoms with Crippen molar-refractivity contribution in [3.05, 3.63) is 42.1 Å². The summed E-state index contributed by atoms with van der Waals surface area (Å²) >= 11 is 5.90. The van der Waals surface area contributed by atoms with Crippen LogP contribution in [0, 0.1) is 0 Å². The molecule has 3 nitrogen and oxygen atoms in total. The van der Waals surface area contributed by atoms with E-state index in [0.717, 1.165) is 30.0 Å². The van der Waals surface area contributed by atoms with Crippen LogP contribution in [0.2, 0.25) is 0 Å². The highest BCUT2D eigenvalue weighted by atomic mass is 35.5. The first-order chi connectivity index (χ1) is 7.86. The summed E-state index contributed by atoms with van der Waals surface area (Å²) in [4.78, 5) is 8.71. The van der Waals surface area contributed by atoms with Gasteiger partial charge in [-0.25, -0.2) is 9.97 Å². The minimum Gasteiger partial charge on any atom is -0.288 e. The van der Waals surface area contributed by atoms with E-state index in [0.29, 0.717) is 5.88 Å².